The molecule has 1 aliphatic carbocycles. The zero-order valence-corrected chi connectivity index (χ0v) is 16.9. The fraction of sp³-hybridized carbons (Fsp3) is 0.364. The van der Waals surface area contributed by atoms with Crippen molar-refractivity contribution in [2.75, 3.05) is 0 Å². The fourth-order valence-electron chi connectivity index (χ4n) is 3.55. The van der Waals surface area contributed by atoms with Crippen LogP contribution in [0, 0.1) is 0 Å². The number of pyridine rings is 1. The van der Waals surface area contributed by atoms with Crippen LogP contribution in [-0.4, -0.2) is 26.7 Å². The van der Waals surface area contributed by atoms with Crippen molar-refractivity contribution in [3.63, 3.8) is 0 Å². The monoisotopic (exact) mass is 410 g/mol. The van der Waals surface area contributed by atoms with Crippen molar-refractivity contribution in [3.05, 3.63) is 65.1 Å². The number of halogens is 1. The van der Waals surface area contributed by atoms with E-state index in [1.54, 1.807) is 22.9 Å². The third-order valence-corrected chi connectivity index (χ3v) is 5.37. The summed E-state index contributed by atoms with van der Waals surface area (Å²) in [5.74, 6) is 0.890. The molecule has 0 aliphatic heterocycles. The summed E-state index contributed by atoms with van der Waals surface area (Å²) in [7, 11) is 0. The fourth-order valence-corrected chi connectivity index (χ4v) is 3.68. The average Bonchev–Trinajstić information content (AvgIpc) is 3.23. The second-order valence-electron chi connectivity index (χ2n) is 7.26. The van der Waals surface area contributed by atoms with Crippen molar-refractivity contribution in [2.24, 2.45) is 4.99 Å². The first-order valence-corrected chi connectivity index (χ1v) is 10.4. The topological polar surface area (TPSA) is 73.3 Å². The molecule has 0 saturated heterocycles. The first kappa shape index (κ1) is 19.6. The molecule has 0 spiro atoms. The van der Waals surface area contributed by atoms with E-state index in [9.17, 15) is 4.79 Å². The van der Waals surface area contributed by atoms with E-state index in [-0.39, 0.29) is 12.3 Å². The van der Waals surface area contributed by atoms with Gasteiger partial charge < -0.3 is 4.52 Å². The Morgan fingerprint density at radius 2 is 1.93 bits per heavy atom. The molecule has 2 heterocycles. The molecule has 29 heavy (non-hydrogen) atoms. The molecule has 0 N–H and O–H groups in total. The molecule has 1 fully saturated rings. The summed E-state index contributed by atoms with van der Waals surface area (Å²) in [6.07, 6.45) is 8.31. The lowest BCUT2D eigenvalue weighted by Crippen LogP contribution is -2.29. The zero-order valence-electron chi connectivity index (χ0n) is 16.1. The van der Waals surface area contributed by atoms with Gasteiger partial charge in [-0.15, -0.1) is 0 Å². The Morgan fingerprint density at radius 3 is 2.72 bits per heavy atom. The Hall–Kier alpha value is -2.73. The third kappa shape index (κ3) is 5.01. The van der Waals surface area contributed by atoms with Gasteiger partial charge in [0.15, 0.2) is 0 Å². The lowest BCUT2D eigenvalue weighted by molar-refractivity contribution is 0.0893. The predicted molar refractivity (Wildman–Crippen MR) is 111 cm³/mol. The minimum absolute atomic E-state index is 0.0357. The highest BCUT2D eigenvalue weighted by Crippen LogP contribution is 2.20. The summed E-state index contributed by atoms with van der Waals surface area (Å²) in [6, 6.07) is 13.2. The van der Waals surface area contributed by atoms with Crippen LogP contribution in [0.5, 0.6) is 0 Å². The smallest absolute Gasteiger partial charge is 0.232 e. The third-order valence-electron chi connectivity index (χ3n) is 5.12. The van der Waals surface area contributed by atoms with E-state index < -0.39 is 0 Å². The average molecular weight is 411 g/mol. The van der Waals surface area contributed by atoms with Gasteiger partial charge in [0.1, 0.15) is 5.49 Å². The number of benzene rings is 1. The number of hydrogen-bond acceptors (Lipinski definition) is 5. The van der Waals surface area contributed by atoms with Gasteiger partial charge in [0, 0.05) is 29.6 Å². The molecule has 0 radical (unpaired) electrons. The lowest BCUT2D eigenvalue weighted by atomic mass is 9.96. The number of rotatable bonds is 5. The molecule has 1 aromatic carbocycles. The predicted octanol–water partition coefficient (Wildman–Crippen LogP) is 4.70. The summed E-state index contributed by atoms with van der Waals surface area (Å²) in [6.45, 7) is 0. The van der Waals surface area contributed by atoms with Gasteiger partial charge in [-0.05, 0) is 49.2 Å². The van der Waals surface area contributed by atoms with Crippen LogP contribution in [0.3, 0.4) is 0 Å². The highest BCUT2D eigenvalue weighted by molar-refractivity contribution is 6.30. The molecular weight excluding hydrogens is 388 g/mol. The van der Waals surface area contributed by atoms with Crippen molar-refractivity contribution in [1.29, 1.82) is 0 Å². The quantitative estimate of drug-likeness (QED) is 0.611. The highest BCUT2D eigenvalue weighted by Gasteiger charge is 2.14. The van der Waals surface area contributed by atoms with Gasteiger partial charge in [-0.3, -0.25) is 14.4 Å². The molecule has 0 unspecified atom stereocenters. The highest BCUT2D eigenvalue weighted by atomic mass is 35.5. The first-order valence-electron chi connectivity index (χ1n) is 10.0. The summed E-state index contributed by atoms with van der Waals surface area (Å²) >= 11 is 5.91. The lowest BCUT2D eigenvalue weighted by Gasteiger charge is -2.17. The van der Waals surface area contributed by atoms with E-state index in [0.29, 0.717) is 29.2 Å². The number of carbonyl (C=O) groups excluding carboxylic acids is 1. The number of hydrogen-bond donors (Lipinski definition) is 0. The zero-order chi connectivity index (χ0) is 20.1. The van der Waals surface area contributed by atoms with Gasteiger partial charge in [0.25, 0.3) is 0 Å². The van der Waals surface area contributed by atoms with E-state index in [1.807, 2.05) is 30.3 Å². The number of aryl methyl sites for hydroxylation is 1. The summed E-state index contributed by atoms with van der Waals surface area (Å²) in [4.78, 5) is 22.0. The maximum absolute atomic E-state index is 12.8. The van der Waals surface area contributed by atoms with E-state index in [0.717, 1.165) is 23.9 Å². The van der Waals surface area contributed by atoms with E-state index in [2.05, 4.69) is 10.1 Å². The normalized spacial score (nSPS) is 15.6. The standard InChI is InChI=1S/C22H23ClN4O2/c23-17-11-9-16(10-12-17)22-25-20(29-26-22)13-14-21(28)27-15-5-4-8-19(27)24-18-6-2-1-3-7-18/h4-5,8-12,15,18H,1-3,6-7,13-14H2. The molecular formula is C22H23ClN4O2. The molecule has 6 nitrogen and oxygen atoms in total. The molecule has 3 aromatic rings. The van der Waals surface area contributed by atoms with E-state index in [1.165, 1.54) is 19.3 Å². The van der Waals surface area contributed by atoms with E-state index >= 15 is 0 Å². The van der Waals surface area contributed by atoms with Crippen LogP contribution in [0.4, 0.5) is 0 Å². The SMILES string of the molecule is O=C(CCc1nc(-c2ccc(Cl)cc2)no1)n1ccccc1=NC1CCCCC1. The van der Waals surface area contributed by atoms with Crippen molar-refractivity contribution < 1.29 is 9.32 Å². The van der Waals surface area contributed by atoms with Crippen LogP contribution < -0.4 is 5.49 Å². The number of carbonyl (C=O) groups is 1. The van der Waals surface area contributed by atoms with Crippen molar-refractivity contribution >= 4 is 17.5 Å². The maximum Gasteiger partial charge on any atom is 0.232 e. The Labute approximate surface area is 174 Å². The van der Waals surface area contributed by atoms with Gasteiger partial charge in [0.05, 0.1) is 6.04 Å². The Bertz CT molecular complexity index is 1030. The van der Waals surface area contributed by atoms with Crippen LogP contribution in [0.15, 0.2) is 58.2 Å². The van der Waals surface area contributed by atoms with E-state index in [4.69, 9.17) is 21.1 Å². The molecule has 0 atom stereocenters. The van der Waals surface area contributed by atoms with Gasteiger partial charge in [-0.2, -0.15) is 4.98 Å². The molecule has 1 aliphatic rings. The van der Waals surface area contributed by atoms with Crippen molar-refractivity contribution in [1.82, 2.24) is 14.7 Å². The minimum atomic E-state index is -0.0357. The molecule has 1 saturated carbocycles. The van der Waals surface area contributed by atoms with Gasteiger partial charge in [0.2, 0.25) is 17.6 Å². The molecule has 4 rings (SSSR count). The Morgan fingerprint density at radius 1 is 1.14 bits per heavy atom. The largest absolute Gasteiger partial charge is 0.339 e. The second-order valence-corrected chi connectivity index (χ2v) is 7.70. The number of aromatic nitrogens is 3. The Balaban J connectivity index is 1.44. The molecule has 150 valence electrons. The molecule has 7 heteroatoms. The molecule has 0 amide bonds. The van der Waals surface area contributed by atoms with Gasteiger partial charge >= 0.3 is 0 Å². The van der Waals surface area contributed by atoms with Gasteiger partial charge in [-0.25, -0.2) is 0 Å². The maximum atomic E-state index is 12.8. The van der Waals surface area contributed by atoms with Gasteiger partial charge in [-0.1, -0.05) is 42.1 Å². The van der Waals surface area contributed by atoms with Crippen LogP contribution >= 0.6 is 11.6 Å². The van der Waals surface area contributed by atoms with Crippen LogP contribution in [-0.2, 0) is 6.42 Å². The van der Waals surface area contributed by atoms with Crippen LogP contribution in [0.2, 0.25) is 5.02 Å². The molecule has 2 aromatic heterocycles. The van der Waals surface area contributed by atoms with Crippen LogP contribution in [0.1, 0.15) is 49.2 Å². The molecule has 0 bridgehead atoms. The van der Waals surface area contributed by atoms with Crippen molar-refractivity contribution in [2.45, 2.75) is 51.0 Å². The van der Waals surface area contributed by atoms with Crippen LogP contribution in [0.25, 0.3) is 11.4 Å². The number of nitrogens with zero attached hydrogens (tertiary/aromatic N) is 4. The summed E-state index contributed by atoms with van der Waals surface area (Å²) < 4.78 is 6.94. The second kappa shape index (κ2) is 9.18. The summed E-state index contributed by atoms with van der Waals surface area (Å²) in [5.41, 5.74) is 1.54. The Kier molecular flexibility index (Phi) is 6.20. The summed E-state index contributed by atoms with van der Waals surface area (Å²) in [5, 5.41) is 4.65. The first-order chi connectivity index (χ1) is 14.2. The van der Waals surface area contributed by atoms with Crippen molar-refractivity contribution in [3.8, 4) is 11.4 Å². The minimum Gasteiger partial charge on any atom is -0.339 e.